The van der Waals surface area contributed by atoms with Crippen molar-refractivity contribution in [3.8, 4) is 0 Å². The first-order valence-corrected chi connectivity index (χ1v) is 7.81. The number of aliphatic hydroxyl groups is 1. The Hall–Kier alpha value is -2.15. The number of hydrogen-bond donors (Lipinski definition) is 1. The molecule has 1 amide bonds. The first-order valence-electron chi connectivity index (χ1n) is 7.81. The van der Waals surface area contributed by atoms with E-state index in [4.69, 9.17) is 4.42 Å². The van der Waals surface area contributed by atoms with Gasteiger partial charge < -0.3 is 14.4 Å². The molecule has 0 unspecified atom stereocenters. The van der Waals surface area contributed by atoms with Crippen LogP contribution in [-0.4, -0.2) is 44.0 Å². The molecule has 0 aromatic carbocycles. The number of aryl methyl sites for hydroxylation is 2. The Morgan fingerprint density at radius 2 is 2.17 bits per heavy atom. The number of hydrogen-bond acceptors (Lipinski definition) is 5. The number of furan rings is 1. The molecule has 0 radical (unpaired) electrons. The standard InChI is InChI=1S/C16H22N4O3/c1-10(2)20-8-13(17-18-20)16(22)5-6-19(9-16)15(21)14-11(3)7-12(4)23-14/h7-8,10,22H,5-6,9H2,1-4H3/t16-/m1/s1. The Bertz CT molecular complexity index is 734. The van der Waals surface area contributed by atoms with E-state index in [0.717, 1.165) is 5.56 Å². The van der Waals surface area contributed by atoms with Crippen molar-refractivity contribution in [2.24, 2.45) is 0 Å². The van der Waals surface area contributed by atoms with Crippen LogP contribution in [0.5, 0.6) is 0 Å². The minimum absolute atomic E-state index is 0.174. The van der Waals surface area contributed by atoms with Gasteiger partial charge in [-0.2, -0.15) is 0 Å². The summed E-state index contributed by atoms with van der Waals surface area (Å²) in [6.07, 6.45) is 2.19. The zero-order valence-electron chi connectivity index (χ0n) is 13.9. The molecule has 1 fully saturated rings. The van der Waals surface area contributed by atoms with Gasteiger partial charge in [-0.1, -0.05) is 5.21 Å². The molecule has 1 N–H and O–H groups in total. The van der Waals surface area contributed by atoms with Crippen molar-refractivity contribution in [3.63, 3.8) is 0 Å². The Labute approximate surface area is 134 Å². The zero-order valence-corrected chi connectivity index (χ0v) is 13.9. The second-order valence-corrected chi connectivity index (χ2v) is 6.56. The zero-order chi connectivity index (χ0) is 16.8. The van der Waals surface area contributed by atoms with Crippen LogP contribution in [0.3, 0.4) is 0 Å². The van der Waals surface area contributed by atoms with Crippen LogP contribution >= 0.6 is 0 Å². The number of nitrogens with zero attached hydrogens (tertiary/aromatic N) is 4. The first-order chi connectivity index (χ1) is 10.8. The molecule has 1 aliphatic heterocycles. The maximum absolute atomic E-state index is 12.6. The summed E-state index contributed by atoms with van der Waals surface area (Å²) in [4.78, 5) is 14.2. The van der Waals surface area contributed by atoms with Crippen LogP contribution in [0.15, 0.2) is 16.7 Å². The third-order valence-electron chi connectivity index (χ3n) is 4.29. The normalized spacial score (nSPS) is 21.4. The Balaban J connectivity index is 1.79. The molecule has 7 nitrogen and oxygen atoms in total. The fourth-order valence-electron chi connectivity index (χ4n) is 2.92. The Morgan fingerprint density at radius 1 is 1.43 bits per heavy atom. The largest absolute Gasteiger partial charge is 0.456 e. The molecule has 0 aliphatic carbocycles. The third kappa shape index (κ3) is 2.76. The highest BCUT2D eigenvalue weighted by atomic mass is 16.4. The second-order valence-electron chi connectivity index (χ2n) is 6.56. The minimum atomic E-state index is -1.15. The molecule has 0 spiro atoms. The van der Waals surface area contributed by atoms with Crippen molar-refractivity contribution in [1.82, 2.24) is 19.9 Å². The average molecular weight is 318 g/mol. The van der Waals surface area contributed by atoms with Crippen LogP contribution in [0.4, 0.5) is 0 Å². The van der Waals surface area contributed by atoms with Gasteiger partial charge in [0, 0.05) is 24.6 Å². The second kappa shape index (κ2) is 5.49. The molecular formula is C16H22N4O3. The molecule has 2 aromatic heterocycles. The van der Waals surface area contributed by atoms with Crippen molar-refractivity contribution in [2.75, 3.05) is 13.1 Å². The maximum Gasteiger partial charge on any atom is 0.289 e. The smallest absolute Gasteiger partial charge is 0.289 e. The van der Waals surface area contributed by atoms with Gasteiger partial charge in [0.2, 0.25) is 0 Å². The number of carbonyl (C=O) groups is 1. The highest BCUT2D eigenvalue weighted by Crippen LogP contribution is 2.32. The van der Waals surface area contributed by atoms with Crippen LogP contribution in [-0.2, 0) is 5.60 Å². The van der Waals surface area contributed by atoms with E-state index in [1.165, 1.54) is 0 Å². The monoisotopic (exact) mass is 318 g/mol. The summed E-state index contributed by atoms with van der Waals surface area (Å²) in [5.74, 6) is 0.862. The van der Waals surface area contributed by atoms with Gasteiger partial charge in [0.25, 0.3) is 5.91 Å². The van der Waals surface area contributed by atoms with Crippen molar-refractivity contribution >= 4 is 5.91 Å². The molecule has 0 bridgehead atoms. The summed E-state index contributed by atoms with van der Waals surface area (Å²) in [5.41, 5.74) is 0.167. The third-order valence-corrected chi connectivity index (χ3v) is 4.29. The van der Waals surface area contributed by atoms with E-state index in [9.17, 15) is 9.90 Å². The lowest BCUT2D eigenvalue weighted by Crippen LogP contribution is -2.34. The summed E-state index contributed by atoms with van der Waals surface area (Å²) < 4.78 is 7.20. The van der Waals surface area contributed by atoms with Crippen molar-refractivity contribution < 1.29 is 14.3 Å². The predicted molar refractivity (Wildman–Crippen MR) is 83.0 cm³/mol. The van der Waals surface area contributed by atoms with Crippen molar-refractivity contribution in [2.45, 2.75) is 45.8 Å². The van der Waals surface area contributed by atoms with Crippen LogP contribution in [0.2, 0.25) is 0 Å². The minimum Gasteiger partial charge on any atom is -0.456 e. The SMILES string of the molecule is Cc1cc(C)c(C(=O)N2CC[C@](O)(c3cn(C(C)C)nn3)C2)o1. The van der Waals surface area contributed by atoms with Gasteiger partial charge in [0.15, 0.2) is 5.76 Å². The van der Waals surface area contributed by atoms with Gasteiger partial charge in [-0.25, -0.2) is 4.68 Å². The van der Waals surface area contributed by atoms with Crippen molar-refractivity contribution in [3.05, 3.63) is 35.0 Å². The van der Waals surface area contributed by atoms with Crippen molar-refractivity contribution in [1.29, 1.82) is 0 Å². The van der Waals surface area contributed by atoms with Gasteiger partial charge >= 0.3 is 0 Å². The lowest BCUT2D eigenvalue weighted by molar-refractivity contribution is 0.0372. The average Bonchev–Trinajstić information content (AvgIpc) is 3.17. The lowest BCUT2D eigenvalue weighted by atomic mass is 10.00. The van der Waals surface area contributed by atoms with E-state index in [0.29, 0.717) is 30.2 Å². The van der Waals surface area contributed by atoms with E-state index in [2.05, 4.69) is 10.3 Å². The topological polar surface area (TPSA) is 84.4 Å². The maximum atomic E-state index is 12.6. The predicted octanol–water partition coefficient (Wildman–Crippen LogP) is 1.80. The molecule has 7 heteroatoms. The molecule has 3 rings (SSSR count). The van der Waals surface area contributed by atoms with E-state index in [1.54, 1.807) is 15.8 Å². The van der Waals surface area contributed by atoms with Crippen LogP contribution in [0.25, 0.3) is 0 Å². The number of carbonyl (C=O) groups excluding carboxylic acids is 1. The molecule has 3 heterocycles. The van der Waals surface area contributed by atoms with Gasteiger partial charge in [0.05, 0.1) is 12.7 Å². The summed E-state index contributed by atoms with van der Waals surface area (Å²) >= 11 is 0. The van der Waals surface area contributed by atoms with E-state index >= 15 is 0 Å². The van der Waals surface area contributed by atoms with Gasteiger partial charge in [-0.15, -0.1) is 5.10 Å². The molecule has 0 saturated carbocycles. The van der Waals surface area contributed by atoms with Crippen LogP contribution in [0, 0.1) is 13.8 Å². The fourth-order valence-corrected chi connectivity index (χ4v) is 2.92. The highest BCUT2D eigenvalue weighted by molar-refractivity contribution is 5.93. The summed E-state index contributed by atoms with van der Waals surface area (Å²) in [6, 6.07) is 2.01. The first kappa shape index (κ1) is 15.7. The van der Waals surface area contributed by atoms with Gasteiger partial charge in [-0.05, 0) is 33.8 Å². The van der Waals surface area contributed by atoms with Crippen LogP contribution in [0.1, 0.15) is 53.9 Å². The Morgan fingerprint density at radius 3 is 2.74 bits per heavy atom. The van der Waals surface area contributed by atoms with E-state index in [1.807, 2.05) is 33.8 Å². The number of amides is 1. The van der Waals surface area contributed by atoms with E-state index in [-0.39, 0.29) is 18.5 Å². The molecule has 1 aliphatic rings. The fraction of sp³-hybridized carbons (Fsp3) is 0.562. The van der Waals surface area contributed by atoms with Gasteiger partial charge in [-0.3, -0.25) is 4.79 Å². The molecule has 1 saturated heterocycles. The van der Waals surface area contributed by atoms with E-state index < -0.39 is 5.60 Å². The number of aromatic nitrogens is 3. The summed E-state index contributed by atoms with van der Waals surface area (Å²) in [6.45, 7) is 8.31. The molecule has 124 valence electrons. The summed E-state index contributed by atoms with van der Waals surface area (Å²) in [5, 5.41) is 19.0. The molecule has 23 heavy (non-hydrogen) atoms. The molecular weight excluding hydrogens is 296 g/mol. The van der Waals surface area contributed by atoms with Gasteiger partial charge in [0.1, 0.15) is 17.1 Å². The molecule has 2 aromatic rings. The summed E-state index contributed by atoms with van der Waals surface area (Å²) in [7, 11) is 0. The number of likely N-dealkylation sites (tertiary alicyclic amines) is 1. The molecule has 1 atom stereocenters. The number of rotatable bonds is 3. The number of β-amino-alcohol motifs (C(OH)–C–C–N with tert-alkyl or cyclic N) is 1. The Kier molecular flexibility index (Phi) is 3.75. The quantitative estimate of drug-likeness (QED) is 0.933. The lowest BCUT2D eigenvalue weighted by Gasteiger charge is -2.20. The van der Waals surface area contributed by atoms with Crippen LogP contribution < -0.4 is 0 Å². The highest BCUT2D eigenvalue weighted by Gasteiger charge is 2.43.